The van der Waals surface area contributed by atoms with E-state index in [-0.39, 0.29) is 17.4 Å². The highest BCUT2D eigenvalue weighted by atomic mass is 32.2. The van der Waals surface area contributed by atoms with Crippen LogP contribution in [0.25, 0.3) is 17.3 Å². The van der Waals surface area contributed by atoms with Gasteiger partial charge in [0.15, 0.2) is 16.6 Å². The largest absolute Gasteiger partial charge is 0.496 e. The fourth-order valence-corrected chi connectivity index (χ4v) is 6.38. The van der Waals surface area contributed by atoms with E-state index in [2.05, 4.69) is 20.9 Å². The van der Waals surface area contributed by atoms with Crippen molar-refractivity contribution in [3.05, 3.63) is 118 Å². The number of nitrogens with one attached hydrogen (secondary N) is 3. The molecule has 256 valence electrons. The molecule has 0 aliphatic rings. The van der Waals surface area contributed by atoms with E-state index < -0.39 is 11.8 Å². The molecule has 12 heteroatoms. The first-order chi connectivity index (χ1) is 24.2. The smallest absolute Gasteiger partial charge is 0.272 e. The zero-order valence-electron chi connectivity index (χ0n) is 28.2. The van der Waals surface area contributed by atoms with Gasteiger partial charge in [0.25, 0.3) is 11.8 Å². The Kier molecular flexibility index (Phi) is 11.9. The van der Waals surface area contributed by atoms with Crippen LogP contribution in [0.4, 0.5) is 10.8 Å². The molecular formula is C38H36N4O6S2. The number of anilines is 2. The van der Waals surface area contributed by atoms with Crippen LogP contribution >= 0.6 is 23.1 Å². The maximum Gasteiger partial charge on any atom is 0.272 e. The number of aryl methyl sites for hydroxylation is 2. The maximum absolute atomic E-state index is 13.6. The molecule has 0 unspecified atom stereocenters. The molecule has 0 atom stereocenters. The number of methoxy groups -OCH3 is 3. The molecule has 0 radical (unpaired) electrons. The van der Waals surface area contributed by atoms with Gasteiger partial charge in [-0.15, -0.1) is 23.1 Å². The predicted octanol–water partition coefficient (Wildman–Crippen LogP) is 7.59. The second-order valence-corrected chi connectivity index (χ2v) is 13.2. The Morgan fingerprint density at radius 2 is 1.46 bits per heavy atom. The number of thiazole rings is 1. The summed E-state index contributed by atoms with van der Waals surface area (Å²) >= 11 is 2.80. The Labute approximate surface area is 298 Å². The number of hydrogen-bond acceptors (Lipinski definition) is 9. The lowest BCUT2D eigenvalue weighted by molar-refractivity contribution is -0.114. The van der Waals surface area contributed by atoms with Gasteiger partial charge in [0, 0.05) is 38.2 Å². The van der Waals surface area contributed by atoms with E-state index in [0.717, 1.165) is 21.0 Å². The first-order valence-corrected chi connectivity index (χ1v) is 17.2. The molecule has 0 aliphatic heterocycles. The molecular weight excluding hydrogens is 673 g/mol. The number of carbonyl (C=O) groups is 3. The van der Waals surface area contributed by atoms with Crippen LogP contribution in [0.15, 0.2) is 102 Å². The van der Waals surface area contributed by atoms with Gasteiger partial charge in [-0.1, -0.05) is 48.0 Å². The topological polar surface area (TPSA) is 128 Å². The number of hydrogen-bond donors (Lipinski definition) is 3. The Hall–Kier alpha value is -5.59. The number of carbonyl (C=O) groups excluding carboxylic acids is 3. The van der Waals surface area contributed by atoms with Gasteiger partial charge in [-0.05, 0) is 62.4 Å². The van der Waals surface area contributed by atoms with Crippen molar-refractivity contribution in [1.82, 2.24) is 10.3 Å². The minimum Gasteiger partial charge on any atom is -0.496 e. The molecule has 0 bridgehead atoms. The summed E-state index contributed by atoms with van der Waals surface area (Å²) in [6.45, 7) is 4.02. The van der Waals surface area contributed by atoms with Crippen LogP contribution in [-0.4, -0.2) is 49.8 Å². The van der Waals surface area contributed by atoms with Crippen molar-refractivity contribution >= 4 is 57.7 Å². The number of thioether (sulfide) groups is 1. The van der Waals surface area contributed by atoms with E-state index in [1.807, 2.05) is 38.1 Å². The first-order valence-electron chi connectivity index (χ1n) is 15.4. The number of nitrogens with zero attached hydrogens (tertiary/aromatic N) is 1. The minimum absolute atomic E-state index is 0.0255. The maximum atomic E-state index is 13.6. The van der Waals surface area contributed by atoms with Gasteiger partial charge in [0.05, 0.1) is 32.8 Å². The van der Waals surface area contributed by atoms with Gasteiger partial charge >= 0.3 is 0 Å². The van der Waals surface area contributed by atoms with Crippen molar-refractivity contribution in [3.8, 4) is 28.5 Å². The lowest BCUT2D eigenvalue weighted by atomic mass is 10.1. The lowest BCUT2D eigenvalue weighted by Crippen LogP contribution is -2.30. The number of aromatic nitrogens is 1. The van der Waals surface area contributed by atoms with Gasteiger partial charge in [-0.2, -0.15) is 0 Å². The predicted molar refractivity (Wildman–Crippen MR) is 199 cm³/mol. The molecule has 1 aromatic heterocycles. The third-order valence-electron chi connectivity index (χ3n) is 7.41. The fraction of sp³-hybridized carbons (Fsp3) is 0.158. The summed E-state index contributed by atoms with van der Waals surface area (Å²) in [5.41, 5.74) is 4.36. The van der Waals surface area contributed by atoms with Crippen LogP contribution in [0.1, 0.15) is 26.4 Å². The third-order valence-corrected chi connectivity index (χ3v) is 9.31. The molecule has 10 nitrogen and oxygen atoms in total. The summed E-state index contributed by atoms with van der Waals surface area (Å²) in [6, 6.07) is 27.1. The van der Waals surface area contributed by atoms with Crippen molar-refractivity contribution < 1.29 is 28.6 Å². The van der Waals surface area contributed by atoms with Crippen molar-refractivity contribution in [2.75, 3.05) is 37.7 Å². The highest BCUT2D eigenvalue weighted by Crippen LogP contribution is 2.36. The van der Waals surface area contributed by atoms with Crippen LogP contribution in [0.2, 0.25) is 0 Å². The second kappa shape index (κ2) is 16.7. The zero-order valence-corrected chi connectivity index (χ0v) is 29.8. The summed E-state index contributed by atoms with van der Waals surface area (Å²) in [5, 5.41) is 9.02. The molecule has 4 aromatic carbocycles. The number of ether oxygens (including phenoxy) is 3. The third kappa shape index (κ3) is 9.10. The summed E-state index contributed by atoms with van der Waals surface area (Å²) in [6.07, 6.45) is 1.51. The van der Waals surface area contributed by atoms with E-state index in [9.17, 15) is 14.4 Å². The second-order valence-electron chi connectivity index (χ2n) is 10.9. The van der Waals surface area contributed by atoms with E-state index in [0.29, 0.717) is 39.2 Å². The Morgan fingerprint density at radius 1 is 0.800 bits per heavy atom. The molecule has 0 fully saturated rings. The average molecular weight is 709 g/mol. The van der Waals surface area contributed by atoms with Gasteiger partial charge < -0.3 is 30.2 Å². The molecule has 1 heterocycles. The molecule has 5 aromatic rings. The van der Waals surface area contributed by atoms with Gasteiger partial charge in [-0.3, -0.25) is 14.4 Å². The molecule has 0 aliphatic carbocycles. The van der Waals surface area contributed by atoms with Gasteiger partial charge in [0.1, 0.15) is 11.4 Å². The van der Waals surface area contributed by atoms with Gasteiger partial charge in [0.2, 0.25) is 5.91 Å². The summed E-state index contributed by atoms with van der Waals surface area (Å²) < 4.78 is 16.3. The van der Waals surface area contributed by atoms with E-state index >= 15 is 0 Å². The molecule has 0 saturated carbocycles. The van der Waals surface area contributed by atoms with Crippen LogP contribution in [0, 0.1) is 13.8 Å². The molecule has 5 rings (SSSR count). The SMILES string of the molecule is COc1cc(OC)c(OC)cc1/C=C(\NC(=O)c1ccccc1)C(=O)Nc1ccc(SCC(=O)Nc2nc(-c3ccc(C)cc3)c(C)s2)cc1. The lowest BCUT2D eigenvalue weighted by Gasteiger charge is -2.15. The van der Waals surface area contributed by atoms with E-state index in [1.54, 1.807) is 66.7 Å². The molecule has 3 N–H and O–H groups in total. The average Bonchev–Trinajstić information content (AvgIpc) is 3.50. The summed E-state index contributed by atoms with van der Waals surface area (Å²) in [7, 11) is 4.50. The highest BCUT2D eigenvalue weighted by molar-refractivity contribution is 8.00. The summed E-state index contributed by atoms with van der Waals surface area (Å²) in [5.74, 6) is 0.252. The number of rotatable bonds is 13. The van der Waals surface area contributed by atoms with Crippen LogP contribution in [0.3, 0.4) is 0 Å². The van der Waals surface area contributed by atoms with Gasteiger partial charge in [-0.25, -0.2) is 4.98 Å². The Bertz CT molecular complexity index is 2010. The van der Waals surface area contributed by atoms with Crippen LogP contribution in [-0.2, 0) is 9.59 Å². The van der Waals surface area contributed by atoms with E-state index in [1.165, 1.54) is 56.1 Å². The van der Waals surface area contributed by atoms with Crippen LogP contribution < -0.4 is 30.2 Å². The summed E-state index contributed by atoms with van der Waals surface area (Å²) in [4.78, 5) is 46.0. The normalized spacial score (nSPS) is 11.0. The number of amides is 3. The Balaban J connectivity index is 1.26. The highest BCUT2D eigenvalue weighted by Gasteiger charge is 2.18. The van der Waals surface area contributed by atoms with Crippen molar-refractivity contribution in [1.29, 1.82) is 0 Å². The zero-order chi connectivity index (χ0) is 35.6. The molecule has 50 heavy (non-hydrogen) atoms. The molecule has 0 saturated heterocycles. The van der Waals surface area contributed by atoms with Crippen molar-refractivity contribution in [2.45, 2.75) is 18.7 Å². The quantitative estimate of drug-likeness (QED) is 0.0844. The molecule has 3 amide bonds. The Morgan fingerprint density at radius 3 is 2.12 bits per heavy atom. The van der Waals surface area contributed by atoms with E-state index in [4.69, 9.17) is 14.2 Å². The number of benzene rings is 4. The standard InChI is InChI=1S/C38H36N4O6S2/c1-23-11-13-25(14-12-23)35-24(2)50-38(42-35)41-34(43)22-49-29-17-15-28(16-18-29)39-37(45)30(40-36(44)26-9-7-6-8-10-26)19-27-20-32(47-4)33(48-5)21-31(27)46-3/h6-21H,22H2,1-5H3,(H,39,45)(H,40,44)(H,41,42,43)/b30-19-. The first kappa shape index (κ1) is 35.7. The van der Waals surface area contributed by atoms with Crippen LogP contribution in [0.5, 0.6) is 17.2 Å². The van der Waals surface area contributed by atoms with Crippen molar-refractivity contribution in [2.24, 2.45) is 0 Å². The minimum atomic E-state index is -0.561. The van der Waals surface area contributed by atoms with Crippen molar-refractivity contribution in [3.63, 3.8) is 0 Å². The monoisotopic (exact) mass is 708 g/mol. The molecule has 0 spiro atoms. The fourth-order valence-electron chi connectivity index (χ4n) is 4.83.